The second-order valence-corrected chi connectivity index (χ2v) is 4.53. The lowest BCUT2D eigenvalue weighted by Gasteiger charge is -2.23. The van der Waals surface area contributed by atoms with Crippen molar-refractivity contribution in [2.24, 2.45) is 0 Å². The van der Waals surface area contributed by atoms with E-state index in [4.69, 9.17) is 0 Å². The van der Waals surface area contributed by atoms with Gasteiger partial charge >= 0.3 is 0 Å². The number of ketones is 1. The standard InChI is InChI=1S/C14H19NO2/c1-8-7-9(2)11(4)13(10(8)3)15(6)14(17)12(5)16/h7H,1-6H3. The summed E-state index contributed by atoms with van der Waals surface area (Å²) >= 11 is 0. The predicted molar refractivity (Wildman–Crippen MR) is 69.5 cm³/mol. The number of carbonyl (C=O) groups is 2. The van der Waals surface area contributed by atoms with Crippen LogP contribution in [0.2, 0.25) is 0 Å². The lowest BCUT2D eigenvalue weighted by molar-refractivity contribution is -0.134. The van der Waals surface area contributed by atoms with Gasteiger partial charge in [0.2, 0.25) is 5.78 Å². The van der Waals surface area contributed by atoms with Gasteiger partial charge in [-0.2, -0.15) is 0 Å². The minimum Gasteiger partial charge on any atom is -0.308 e. The summed E-state index contributed by atoms with van der Waals surface area (Å²) in [6, 6.07) is 2.10. The van der Waals surface area contributed by atoms with Crippen LogP contribution in [0, 0.1) is 27.7 Å². The van der Waals surface area contributed by atoms with Gasteiger partial charge in [0.05, 0.1) is 5.69 Å². The number of hydrogen-bond donors (Lipinski definition) is 0. The van der Waals surface area contributed by atoms with Crippen LogP contribution in [0.1, 0.15) is 29.2 Å². The van der Waals surface area contributed by atoms with Crippen LogP contribution in [0.5, 0.6) is 0 Å². The maximum Gasteiger partial charge on any atom is 0.293 e. The Morgan fingerprint density at radius 2 is 1.41 bits per heavy atom. The Kier molecular flexibility index (Phi) is 3.71. The summed E-state index contributed by atoms with van der Waals surface area (Å²) in [5.41, 5.74) is 5.20. The average molecular weight is 233 g/mol. The Morgan fingerprint density at radius 3 is 1.76 bits per heavy atom. The smallest absolute Gasteiger partial charge is 0.293 e. The van der Waals surface area contributed by atoms with Crippen molar-refractivity contribution >= 4 is 17.4 Å². The zero-order valence-electron chi connectivity index (χ0n) is 11.3. The number of aryl methyl sites for hydroxylation is 2. The molecule has 0 unspecified atom stereocenters. The number of hydrogen-bond acceptors (Lipinski definition) is 2. The monoisotopic (exact) mass is 233 g/mol. The van der Waals surface area contributed by atoms with Gasteiger partial charge in [-0.3, -0.25) is 9.59 Å². The molecule has 1 aromatic rings. The van der Waals surface area contributed by atoms with E-state index in [1.807, 2.05) is 27.7 Å². The summed E-state index contributed by atoms with van der Waals surface area (Å²) in [5.74, 6) is -0.911. The first-order valence-corrected chi connectivity index (χ1v) is 5.63. The molecule has 0 heterocycles. The molecule has 0 fully saturated rings. The molecule has 3 nitrogen and oxygen atoms in total. The lowest BCUT2D eigenvalue weighted by atomic mass is 9.98. The SMILES string of the molecule is CC(=O)C(=O)N(C)c1c(C)c(C)cc(C)c1C. The highest BCUT2D eigenvalue weighted by Crippen LogP contribution is 2.29. The van der Waals surface area contributed by atoms with Crippen molar-refractivity contribution in [2.45, 2.75) is 34.6 Å². The van der Waals surface area contributed by atoms with Crippen molar-refractivity contribution in [2.75, 3.05) is 11.9 Å². The van der Waals surface area contributed by atoms with E-state index in [0.29, 0.717) is 0 Å². The number of likely N-dealkylation sites (N-methyl/N-ethyl adjacent to an activating group) is 1. The number of nitrogens with zero attached hydrogens (tertiary/aromatic N) is 1. The number of anilines is 1. The summed E-state index contributed by atoms with van der Waals surface area (Å²) in [4.78, 5) is 24.4. The fraction of sp³-hybridized carbons (Fsp3) is 0.429. The quantitative estimate of drug-likeness (QED) is 0.736. The maximum atomic E-state index is 11.7. The van der Waals surface area contributed by atoms with Crippen LogP contribution in [0.25, 0.3) is 0 Å². The molecular formula is C14H19NO2. The van der Waals surface area contributed by atoms with Crippen LogP contribution in [0.4, 0.5) is 5.69 Å². The van der Waals surface area contributed by atoms with Crippen molar-refractivity contribution in [1.29, 1.82) is 0 Å². The van der Waals surface area contributed by atoms with E-state index in [2.05, 4.69) is 6.07 Å². The van der Waals surface area contributed by atoms with E-state index in [0.717, 1.165) is 27.9 Å². The van der Waals surface area contributed by atoms with Gasteiger partial charge in [-0.05, 0) is 49.9 Å². The molecule has 3 heteroatoms. The van der Waals surface area contributed by atoms with Crippen LogP contribution in [-0.4, -0.2) is 18.7 Å². The van der Waals surface area contributed by atoms with Gasteiger partial charge in [-0.15, -0.1) is 0 Å². The lowest BCUT2D eigenvalue weighted by Crippen LogP contribution is -2.33. The fourth-order valence-corrected chi connectivity index (χ4v) is 2.04. The largest absolute Gasteiger partial charge is 0.308 e. The molecular weight excluding hydrogens is 214 g/mol. The van der Waals surface area contributed by atoms with Crippen LogP contribution < -0.4 is 4.90 Å². The molecule has 0 saturated carbocycles. The van der Waals surface area contributed by atoms with E-state index >= 15 is 0 Å². The van der Waals surface area contributed by atoms with Crippen molar-refractivity contribution in [1.82, 2.24) is 0 Å². The molecule has 0 aliphatic rings. The molecule has 1 rings (SSSR count). The summed E-state index contributed by atoms with van der Waals surface area (Å²) in [7, 11) is 1.65. The Morgan fingerprint density at radius 1 is 1.00 bits per heavy atom. The minimum atomic E-state index is -0.471. The van der Waals surface area contributed by atoms with Gasteiger partial charge < -0.3 is 4.90 Å². The summed E-state index contributed by atoms with van der Waals surface area (Å²) < 4.78 is 0. The molecule has 0 bridgehead atoms. The molecule has 0 saturated heterocycles. The molecule has 92 valence electrons. The number of amides is 1. The average Bonchev–Trinajstić information content (AvgIpc) is 2.25. The van der Waals surface area contributed by atoms with E-state index in [1.54, 1.807) is 7.05 Å². The van der Waals surface area contributed by atoms with Crippen LogP contribution in [-0.2, 0) is 9.59 Å². The molecule has 0 N–H and O–H groups in total. The second kappa shape index (κ2) is 4.70. The normalized spacial score (nSPS) is 10.2. The van der Waals surface area contributed by atoms with Crippen LogP contribution in [0.15, 0.2) is 6.07 Å². The number of benzene rings is 1. The summed E-state index contributed by atoms with van der Waals surface area (Å²) in [6.07, 6.45) is 0. The zero-order chi connectivity index (χ0) is 13.3. The zero-order valence-corrected chi connectivity index (χ0v) is 11.3. The first kappa shape index (κ1) is 13.4. The molecule has 0 spiro atoms. The highest BCUT2D eigenvalue weighted by molar-refractivity contribution is 6.40. The predicted octanol–water partition coefficient (Wildman–Crippen LogP) is 2.47. The Hall–Kier alpha value is -1.64. The third-order valence-corrected chi connectivity index (χ3v) is 3.27. The number of rotatable bonds is 2. The number of carbonyl (C=O) groups excluding carboxylic acids is 2. The van der Waals surface area contributed by atoms with Gasteiger partial charge in [-0.25, -0.2) is 0 Å². The first-order valence-electron chi connectivity index (χ1n) is 5.63. The molecule has 0 aliphatic heterocycles. The van der Waals surface area contributed by atoms with Gasteiger partial charge in [0.1, 0.15) is 0 Å². The Balaban J connectivity index is 3.40. The highest BCUT2D eigenvalue weighted by atomic mass is 16.2. The molecule has 0 aromatic heterocycles. The highest BCUT2D eigenvalue weighted by Gasteiger charge is 2.20. The molecule has 1 amide bonds. The van der Waals surface area contributed by atoms with Crippen molar-refractivity contribution < 1.29 is 9.59 Å². The number of Topliss-reactive ketones (excluding diaryl/α,β-unsaturated/α-hetero) is 1. The van der Waals surface area contributed by atoms with Crippen LogP contribution >= 0.6 is 0 Å². The topological polar surface area (TPSA) is 37.4 Å². The summed E-state index contributed by atoms with van der Waals surface area (Å²) in [5, 5.41) is 0. The van der Waals surface area contributed by atoms with Gasteiger partial charge in [0.25, 0.3) is 5.91 Å². The Bertz CT molecular complexity index is 463. The molecule has 17 heavy (non-hydrogen) atoms. The van der Waals surface area contributed by atoms with E-state index in [9.17, 15) is 9.59 Å². The molecule has 0 atom stereocenters. The summed E-state index contributed by atoms with van der Waals surface area (Å²) in [6.45, 7) is 9.27. The van der Waals surface area contributed by atoms with Crippen molar-refractivity contribution in [3.63, 3.8) is 0 Å². The van der Waals surface area contributed by atoms with Gasteiger partial charge in [0.15, 0.2) is 0 Å². The minimum absolute atomic E-state index is 0.439. The molecule has 0 radical (unpaired) electrons. The molecule has 1 aromatic carbocycles. The molecule has 0 aliphatic carbocycles. The Labute approximate surface area is 102 Å². The van der Waals surface area contributed by atoms with E-state index in [1.165, 1.54) is 11.8 Å². The third kappa shape index (κ3) is 2.38. The van der Waals surface area contributed by atoms with Gasteiger partial charge in [0, 0.05) is 14.0 Å². The fourth-order valence-electron chi connectivity index (χ4n) is 2.04. The van der Waals surface area contributed by atoms with Gasteiger partial charge in [-0.1, -0.05) is 6.07 Å². The maximum absolute atomic E-state index is 11.7. The van der Waals surface area contributed by atoms with E-state index < -0.39 is 11.7 Å². The first-order chi connectivity index (χ1) is 7.77. The van der Waals surface area contributed by atoms with E-state index in [-0.39, 0.29) is 0 Å². The van der Waals surface area contributed by atoms with Crippen LogP contribution in [0.3, 0.4) is 0 Å². The van der Waals surface area contributed by atoms with Crippen molar-refractivity contribution in [3.8, 4) is 0 Å². The second-order valence-electron chi connectivity index (χ2n) is 4.53. The van der Waals surface area contributed by atoms with Crippen molar-refractivity contribution in [3.05, 3.63) is 28.3 Å². The third-order valence-electron chi connectivity index (χ3n) is 3.27.